The predicted octanol–water partition coefficient (Wildman–Crippen LogP) is 1.50. The monoisotopic (exact) mass is 166 g/mol. The predicted molar refractivity (Wildman–Crippen MR) is 47.7 cm³/mol. The van der Waals surface area contributed by atoms with Crippen LogP contribution in [0, 0.1) is 5.92 Å². The molecule has 0 aliphatic carbocycles. The first-order chi connectivity index (χ1) is 4.26. The molecule has 2 atom stereocenters. The molecule has 0 aliphatic heterocycles. The number of hydrogen-bond donors (Lipinski definition) is 2. The van der Waals surface area contributed by atoms with Crippen LogP contribution in [0.4, 0.5) is 0 Å². The van der Waals surface area contributed by atoms with Crippen LogP contribution < -0.4 is 0 Å². The Kier molecular flexibility index (Phi) is 5.84. The van der Waals surface area contributed by atoms with E-state index >= 15 is 0 Å². The van der Waals surface area contributed by atoms with Crippen LogP contribution >= 0.6 is 25.3 Å². The van der Waals surface area contributed by atoms with Gasteiger partial charge in [0.1, 0.15) is 0 Å². The van der Waals surface area contributed by atoms with Gasteiger partial charge in [-0.15, -0.1) is 0 Å². The van der Waals surface area contributed by atoms with Crippen molar-refractivity contribution in [1.29, 1.82) is 0 Å². The van der Waals surface area contributed by atoms with E-state index < -0.39 is 0 Å². The fourth-order valence-electron chi connectivity index (χ4n) is 0.604. The molecule has 0 aromatic rings. The van der Waals surface area contributed by atoms with Crippen molar-refractivity contribution in [2.24, 2.45) is 5.92 Å². The summed E-state index contributed by atoms with van der Waals surface area (Å²) >= 11 is 8.28. The minimum Gasteiger partial charge on any atom is -0.380 e. The molecule has 0 fully saturated rings. The van der Waals surface area contributed by atoms with Gasteiger partial charge in [0, 0.05) is 12.9 Å². The summed E-state index contributed by atoms with van der Waals surface area (Å²) in [7, 11) is 1.71. The number of ether oxygens (including phenoxy) is 1. The van der Waals surface area contributed by atoms with Crippen LogP contribution in [0.2, 0.25) is 0 Å². The van der Waals surface area contributed by atoms with Gasteiger partial charge >= 0.3 is 0 Å². The molecular formula is C6H14OS2. The third-order valence-electron chi connectivity index (χ3n) is 1.41. The average Bonchev–Trinajstić information content (AvgIpc) is 1.90. The lowest BCUT2D eigenvalue weighted by Crippen LogP contribution is -2.23. The standard InChI is InChI=1S/C6H14OS2/c1-5(3-8)6(4-9)7-2/h5-6,8-9H,3-4H2,1-2H3. The zero-order valence-corrected chi connectivity index (χ0v) is 7.66. The van der Waals surface area contributed by atoms with Crippen LogP contribution in [0.15, 0.2) is 0 Å². The summed E-state index contributed by atoms with van der Waals surface area (Å²) in [6.45, 7) is 2.11. The van der Waals surface area contributed by atoms with Crippen molar-refractivity contribution in [3.8, 4) is 0 Å². The van der Waals surface area contributed by atoms with E-state index in [1.165, 1.54) is 0 Å². The first kappa shape index (κ1) is 9.66. The molecule has 0 spiro atoms. The summed E-state index contributed by atoms with van der Waals surface area (Å²) in [5, 5.41) is 0. The van der Waals surface area contributed by atoms with Gasteiger partial charge in [0.25, 0.3) is 0 Å². The fourth-order valence-corrected chi connectivity index (χ4v) is 1.35. The van der Waals surface area contributed by atoms with Crippen molar-refractivity contribution in [2.45, 2.75) is 13.0 Å². The molecule has 0 N–H and O–H groups in total. The van der Waals surface area contributed by atoms with E-state index in [4.69, 9.17) is 4.74 Å². The second-order valence-electron chi connectivity index (χ2n) is 2.12. The molecule has 0 heterocycles. The molecule has 0 rings (SSSR count). The zero-order valence-electron chi connectivity index (χ0n) is 5.87. The largest absolute Gasteiger partial charge is 0.380 e. The molecule has 0 bridgehead atoms. The van der Waals surface area contributed by atoms with E-state index in [0.29, 0.717) is 5.92 Å². The second kappa shape index (κ2) is 5.45. The molecule has 0 aromatic heterocycles. The van der Waals surface area contributed by atoms with Gasteiger partial charge in [0.15, 0.2) is 0 Å². The van der Waals surface area contributed by atoms with Crippen LogP contribution in [0.5, 0.6) is 0 Å². The van der Waals surface area contributed by atoms with Crippen molar-refractivity contribution in [2.75, 3.05) is 18.6 Å². The minimum absolute atomic E-state index is 0.255. The summed E-state index contributed by atoms with van der Waals surface area (Å²) in [6, 6.07) is 0. The van der Waals surface area contributed by atoms with Crippen LogP contribution in [-0.2, 0) is 4.74 Å². The Morgan fingerprint density at radius 1 is 1.33 bits per heavy atom. The smallest absolute Gasteiger partial charge is 0.0692 e. The number of rotatable bonds is 4. The molecule has 0 aliphatic rings. The molecule has 0 aromatic carbocycles. The Hall–Kier alpha value is 0.660. The summed E-state index contributed by atoms with van der Waals surface area (Å²) in [4.78, 5) is 0. The highest BCUT2D eigenvalue weighted by molar-refractivity contribution is 7.80. The molecule has 9 heavy (non-hydrogen) atoms. The highest BCUT2D eigenvalue weighted by atomic mass is 32.1. The second-order valence-corrected chi connectivity index (χ2v) is 2.85. The molecule has 0 saturated carbocycles. The lowest BCUT2D eigenvalue weighted by molar-refractivity contribution is 0.0863. The van der Waals surface area contributed by atoms with Gasteiger partial charge in [0.2, 0.25) is 0 Å². The van der Waals surface area contributed by atoms with E-state index in [1.54, 1.807) is 7.11 Å². The van der Waals surface area contributed by atoms with Gasteiger partial charge in [-0.1, -0.05) is 6.92 Å². The van der Waals surface area contributed by atoms with E-state index in [2.05, 4.69) is 32.2 Å². The van der Waals surface area contributed by atoms with E-state index in [-0.39, 0.29) is 6.10 Å². The molecule has 0 radical (unpaired) electrons. The summed E-state index contributed by atoms with van der Waals surface area (Å²) < 4.78 is 5.13. The normalized spacial score (nSPS) is 17.3. The topological polar surface area (TPSA) is 9.23 Å². The Balaban J connectivity index is 3.50. The van der Waals surface area contributed by atoms with Crippen molar-refractivity contribution >= 4 is 25.3 Å². The minimum atomic E-state index is 0.255. The molecule has 56 valence electrons. The first-order valence-corrected chi connectivity index (χ1v) is 4.27. The number of thiol groups is 2. The van der Waals surface area contributed by atoms with E-state index in [0.717, 1.165) is 11.5 Å². The molecule has 3 heteroatoms. The molecular weight excluding hydrogens is 152 g/mol. The SMILES string of the molecule is COC(CS)C(C)CS. The van der Waals surface area contributed by atoms with E-state index in [1.807, 2.05) is 0 Å². The highest BCUT2D eigenvalue weighted by Gasteiger charge is 2.12. The summed E-state index contributed by atoms with van der Waals surface area (Å²) in [5.41, 5.74) is 0. The Morgan fingerprint density at radius 3 is 2.00 bits per heavy atom. The molecule has 0 saturated heterocycles. The van der Waals surface area contributed by atoms with E-state index in [9.17, 15) is 0 Å². The first-order valence-electron chi connectivity index (χ1n) is 3.00. The Labute approximate surface area is 68.0 Å². The van der Waals surface area contributed by atoms with Crippen molar-refractivity contribution in [3.05, 3.63) is 0 Å². The number of methoxy groups -OCH3 is 1. The van der Waals surface area contributed by atoms with Crippen LogP contribution in [-0.4, -0.2) is 24.7 Å². The lowest BCUT2D eigenvalue weighted by atomic mass is 10.1. The van der Waals surface area contributed by atoms with Gasteiger partial charge in [-0.25, -0.2) is 0 Å². The van der Waals surface area contributed by atoms with Crippen LogP contribution in [0.25, 0.3) is 0 Å². The maximum Gasteiger partial charge on any atom is 0.0692 e. The average molecular weight is 166 g/mol. The van der Waals surface area contributed by atoms with Gasteiger partial charge in [-0.05, 0) is 11.7 Å². The molecule has 0 amide bonds. The lowest BCUT2D eigenvalue weighted by Gasteiger charge is -2.18. The van der Waals surface area contributed by atoms with Crippen LogP contribution in [0.3, 0.4) is 0 Å². The van der Waals surface area contributed by atoms with Gasteiger partial charge in [0.05, 0.1) is 6.10 Å². The summed E-state index contributed by atoms with van der Waals surface area (Å²) in [5.74, 6) is 2.13. The third kappa shape index (κ3) is 3.38. The zero-order chi connectivity index (χ0) is 7.28. The summed E-state index contributed by atoms with van der Waals surface area (Å²) in [6.07, 6.45) is 0.255. The van der Waals surface area contributed by atoms with Crippen molar-refractivity contribution < 1.29 is 4.74 Å². The van der Waals surface area contributed by atoms with Gasteiger partial charge in [-0.2, -0.15) is 25.3 Å². The quantitative estimate of drug-likeness (QED) is 0.602. The highest BCUT2D eigenvalue weighted by Crippen LogP contribution is 2.09. The molecule has 2 unspecified atom stereocenters. The van der Waals surface area contributed by atoms with Gasteiger partial charge in [-0.3, -0.25) is 0 Å². The maximum absolute atomic E-state index is 5.13. The van der Waals surface area contributed by atoms with Crippen molar-refractivity contribution in [3.63, 3.8) is 0 Å². The fraction of sp³-hybridized carbons (Fsp3) is 1.00. The third-order valence-corrected chi connectivity index (χ3v) is 2.34. The van der Waals surface area contributed by atoms with Gasteiger partial charge < -0.3 is 4.74 Å². The maximum atomic E-state index is 5.13. The Bertz CT molecular complexity index is 64.1. The van der Waals surface area contributed by atoms with Crippen LogP contribution in [0.1, 0.15) is 6.92 Å². The number of hydrogen-bond acceptors (Lipinski definition) is 3. The van der Waals surface area contributed by atoms with Crippen molar-refractivity contribution in [1.82, 2.24) is 0 Å². The molecule has 1 nitrogen and oxygen atoms in total. The Morgan fingerprint density at radius 2 is 1.89 bits per heavy atom.